The van der Waals surface area contributed by atoms with Crippen LogP contribution in [0.25, 0.3) is 11.1 Å². The minimum absolute atomic E-state index is 0.00987. The Morgan fingerprint density at radius 2 is 1.46 bits per heavy atom. The molecule has 1 aliphatic rings. The molecule has 0 saturated carbocycles. The third-order valence-electron chi connectivity index (χ3n) is 5.45. The fraction of sp³-hybridized carbons (Fsp3) is 0.391. The maximum Gasteiger partial charge on any atom is 0.223 e. The first kappa shape index (κ1) is 20.1. The Morgan fingerprint density at radius 1 is 0.893 bits per heavy atom. The Kier molecular flexibility index (Phi) is 6.15. The van der Waals surface area contributed by atoms with E-state index in [1.807, 2.05) is 11.0 Å². The zero-order valence-corrected chi connectivity index (χ0v) is 16.7. The average Bonchev–Trinajstić information content (AvgIpc) is 2.69. The van der Waals surface area contributed by atoms with Crippen molar-refractivity contribution in [3.63, 3.8) is 0 Å². The van der Waals surface area contributed by atoms with Crippen molar-refractivity contribution < 1.29 is 9.59 Å². The summed E-state index contributed by atoms with van der Waals surface area (Å²) in [6.07, 6.45) is 0.170. The van der Waals surface area contributed by atoms with Gasteiger partial charge >= 0.3 is 0 Å². The molecule has 1 heterocycles. The number of carbonyl (C=O) groups excluding carboxylic acids is 2. The van der Waals surface area contributed by atoms with Crippen LogP contribution in [-0.2, 0) is 16.1 Å². The van der Waals surface area contributed by atoms with Gasteiger partial charge in [0.2, 0.25) is 11.8 Å². The fourth-order valence-electron chi connectivity index (χ4n) is 3.42. The van der Waals surface area contributed by atoms with Crippen LogP contribution in [-0.4, -0.2) is 47.8 Å². The highest BCUT2D eigenvalue weighted by atomic mass is 16.2. The van der Waals surface area contributed by atoms with Crippen LogP contribution in [0.3, 0.4) is 0 Å². The second-order valence-corrected chi connectivity index (χ2v) is 8.14. The van der Waals surface area contributed by atoms with Gasteiger partial charge in [-0.15, -0.1) is 0 Å². The molecule has 148 valence electrons. The first-order valence-electron chi connectivity index (χ1n) is 9.79. The number of amides is 2. The van der Waals surface area contributed by atoms with Crippen LogP contribution in [0, 0.1) is 5.41 Å². The van der Waals surface area contributed by atoms with Gasteiger partial charge in [-0.25, -0.2) is 0 Å². The molecule has 2 N–H and O–H groups in total. The summed E-state index contributed by atoms with van der Waals surface area (Å²) in [5, 5.41) is 0. The molecule has 1 fully saturated rings. The largest absolute Gasteiger partial charge is 0.369 e. The molecule has 0 aromatic heterocycles. The van der Waals surface area contributed by atoms with Crippen LogP contribution in [0.1, 0.15) is 25.8 Å². The van der Waals surface area contributed by atoms with Crippen molar-refractivity contribution in [2.45, 2.75) is 26.8 Å². The molecule has 2 amide bonds. The van der Waals surface area contributed by atoms with Crippen LogP contribution in [0.4, 0.5) is 0 Å². The minimum atomic E-state index is -0.797. The maximum atomic E-state index is 12.5. The number of hydrogen-bond donors (Lipinski definition) is 1. The third-order valence-corrected chi connectivity index (χ3v) is 5.45. The molecule has 2 aromatic carbocycles. The fourth-order valence-corrected chi connectivity index (χ4v) is 3.42. The monoisotopic (exact) mass is 379 g/mol. The van der Waals surface area contributed by atoms with Crippen molar-refractivity contribution in [2.24, 2.45) is 11.1 Å². The average molecular weight is 380 g/mol. The quantitative estimate of drug-likeness (QED) is 0.839. The van der Waals surface area contributed by atoms with Crippen molar-refractivity contribution in [1.82, 2.24) is 9.80 Å². The lowest BCUT2D eigenvalue weighted by atomic mass is 9.88. The van der Waals surface area contributed by atoms with Gasteiger partial charge in [-0.2, -0.15) is 0 Å². The van der Waals surface area contributed by atoms with Gasteiger partial charge in [-0.3, -0.25) is 14.5 Å². The number of benzene rings is 2. The van der Waals surface area contributed by atoms with E-state index < -0.39 is 11.3 Å². The molecule has 1 saturated heterocycles. The summed E-state index contributed by atoms with van der Waals surface area (Å²) in [5.41, 5.74) is 8.30. The van der Waals surface area contributed by atoms with Gasteiger partial charge in [0.25, 0.3) is 0 Å². The van der Waals surface area contributed by atoms with E-state index in [1.165, 1.54) is 16.7 Å². The third kappa shape index (κ3) is 4.98. The lowest BCUT2D eigenvalue weighted by molar-refractivity contribution is -0.139. The Bertz CT molecular complexity index is 808. The number of nitrogens with zero attached hydrogens (tertiary/aromatic N) is 2. The number of rotatable bonds is 6. The summed E-state index contributed by atoms with van der Waals surface area (Å²) in [7, 11) is 0. The van der Waals surface area contributed by atoms with E-state index in [9.17, 15) is 9.59 Å². The van der Waals surface area contributed by atoms with E-state index in [2.05, 4.69) is 53.4 Å². The Balaban J connectivity index is 1.50. The molecule has 2 aromatic rings. The Labute approximate surface area is 167 Å². The van der Waals surface area contributed by atoms with E-state index in [0.717, 1.165) is 19.6 Å². The first-order chi connectivity index (χ1) is 13.3. The highest BCUT2D eigenvalue weighted by Crippen LogP contribution is 2.22. The van der Waals surface area contributed by atoms with Gasteiger partial charge in [-0.1, -0.05) is 68.4 Å². The summed E-state index contributed by atoms with van der Waals surface area (Å²) in [6, 6.07) is 19.0. The number of nitrogens with two attached hydrogens (primary N) is 1. The van der Waals surface area contributed by atoms with Gasteiger partial charge in [0.1, 0.15) is 0 Å². The maximum absolute atomic E-state index is 12.5. The van der Waals surface area contributed by atoms with Crippen LogP contribution in [0.2, 0.25) is 0 Å². The highest BCUT2D eigenvalue weighted by Gasteiger charge is 2.31. The molecule has 0 bridgehead atoms. The summed E-state index contributed by atoms with van der Waals surface area (Å²) in [4.78, 5) is 28.1. The zero-order chi connectivity index (χ0) is 20.1. The molecule has 5 nitrogen and oxygen atoms in total. The van der Waals surface area contributed by atoms with E-state index >= 15 is 0 Å². The Hall–Kier alpha value is -2.66. The van der Waals surface area contributed by atoms with Crippen molar-refractivity contribution in [3.05, 3.63) is 60.2 Å². The lowest BCUT2D eigenvalue weighted by Crippen LogP contribution is -2.49. The summed E-state index contributed by atoms with van der Waals surface area (Å²) >= 11 is 0. The van der Waals surface area contributed by atoms with Crippen molar-refractivity contribution in [3.8, 4) is 11.1 Å². The predicted octanol–water partition coefficient (Wildman–Crippen LogP) is 2.90. The molecule has 0 aliphatic carbocycles. The van der Waals surface area contributed by atoms with E-state index in [0.29, 0.717) is 13.1 Å². The molecular formula is C23H29N3O2. The standard InChI is InChI=1S/C23H29N3O2/c1-23(2,22(24)28)16-21(27)26-14-12-25(13-15-26)17-18-8-10-20(11-9-18)19-6-4-3-5-7-19/h3-11H,12-17H2,1-2H3,(H2,24,28). The second-order valence-electron chi connectivity index (χ2n) is 8.14. The summed E-state index contributed by atoms with van der Waals surface area (Å²) < 4.78 is 0. The van der Waals surface area contributed by atoms with Crippen LogP contribution in [0.15, 0.2) is 54.6 Å². The highest BCUT2D eigenvalue weighted by molar-refractivity contribution is 5.87. The molecule has 0 radical (unpaired) electrons. The summed E-state index contributed by atoms with van der Waals surface area (Å²) in [5.74, 6) is -0.422. The number of primary amides is 1. The van der Waals surface area contributed by atoms with E-state index in [4.69, 9.17) is 5.73 Å². The van der Waals surface area contributed by atoms with Crippen LogP contribution < -0.4 is 5.73 Å². The van der Waals surface area contributed by atoms with E-state index in [1.54, 1.807) is 13.8 Å². The molecule has 1 aliphatic heterocycles. The first-order valence-corrected chi connectivity index (χ1v) is 9.79. The molecule has 5 heteroatoms. The van der Waals surface area contributed by atoms with Crippen LogP contribution in [0.5, 0.6) is 0 Å². The molecule has 0 atom stereocenters. The lowest BCUT2D eigenvalue weighted by Gasteiger charge is -2.36. The van der Waals surface area contributed by atoms with E-state index in [-0.39, 0.29) is 12.3 Å². The summed E-state index contributed by atoms with van der Waals surface area (Å²) in [6.45, 7) is 7.38. The van der Waals surface area contributed by atoms with Gasteiger partial charge < -0.3 is 10.6 Å². The number of hydrogen-bond acceptors (Lipinski definition) is 3. The topological polar surface area (TPSA) is 66.6 Å². The SMILES string of the molecule is CC(C)(CC(=O)N1CCN(Cc2ccc(-c3ccccc3)cc2)CC1)C(N)=O. The Morgan fingerprint density at radius 3 is 2.04 bits per heavy atom. The molecular weight excluding hydrogens is 350 g/mol. The molecule has 28 heavy (non-hydrogen) atoms. The van der Waals surface area contributed by atoms with Gasteiger partial charge in [0.15, 0.2) is 0 Å². The molecule has 0 spiro atoms. The van der Waals surface area contributed by atoms with Gasteiger partial charge in [-0.05, 0) is 16.7 Å². The second kappa shape index (κ2) is 8.57. The van der Waals surface area contributed by atoms with Crippen molar-refractivity contribution in [1.29, 1.82) is 0 Å². The van der Waals surface area contributed by atoms with Gasteiger partial charge in [0.05, 0.1) is 5.41 Å². The molecule has 3 rings (SSSR count). The zero-order valence-electron chi connectivity index (χ0n) is 16.7. The minimum Gasteiger partial charge on any atom is -0.369 e. The number of carbonyl (C=O) groups is 2. The smallest absolute Gasteiger partial charge is 0.223 e. The number of piperazine rings is 1. The van der Waals surface area contributed by atoms with Crippen LogP contribution >= 0.6 is 0 Å². The van der Waals surface area contributed by atoms with Crippen molar-refractivity contribution >= 4 is 11.8 Å². The van der Waals surface area contributed by atoms with Crippen molar-refractivity contribution in [2.75, 3.05) is 26.2 Å². The predicted molar refractivity (Wildman–Crippen MR) is 111 cm³/mol. The van der Waals surface area contributed by atoms with Gasteiger partial charge in [0, 0.05) is 39.1 Å². The molecule has 0 unspecified atom stereocenters. The normalized spacial score (nSPS) is 15.4.